The second-order valence-corrected chi connectivity index (χ2v) is 14.7. The zero-order chi connectivity index (χ0) is 36.6. The molecule has 0 atom stereocenters. The van der Waals surface area contributed by atoms with E-state index in [2.05, 4.69) is 140 Å². The Bertz CT molecular complexity index is 2900. The summed E-state index contributed by atoms with van der Waals surface area (Å²) in [7, 11) is 0. The van der Waals surface area contributed by atoms with Crippen LogP contribution in [0.3, 0.4) is 0 Å². The third-order valence-corrected chi connectivity index (χ3v) is 11.3. The Morgan fingerprint density at radius 1 is 0.273 bits per heavy atom. The van der Waals surface area contributed by atoms with Gasteiger partial charge in [-0.05, 0) is 80.9 Å². The summed E-state index contributed by atoms with van der Waals surface area (Å²) >= 11 is 1.85. The molecule has 2 aromatic heterocycles. The monoisotopic (exact) mass is 719 g/mol. The molecule has 0 spiro atoms. The van der Waals surface area contributed by atoms with Crippen LogP contribution in [0.2, 0.25) is 0 Å². The summed E-state index contributed by atoms with van der Waals surface area (Å²) in [5.74, 6) is 1.92. The van der Waals surface area contributed by atoms with E-state index in [0.29, 0.717) is 17.5 Å². The van der Waals surface area contributed by atoms with E-state index >= 15 is 0 Å². The van der Waals surface area contributed by atoms with Gasteiger partial charge in [-0.2, -0.15) is 0 Å². The van der Waals surface area contributed by atoms with Gasteiger partial charge in [0.15, 0.2) is 17.5 Å². The molecule has 0 unspecified atom stereocenters. The minimum Gasteiger partial charge on any atom is -0.208 e. The van der Waals surface area contributed by atoms with Crippen LogP contribution in [0, 0.1) is 0 Å². The first-order valence-corrected chi connectivity index (χ1v) is 19.3. The molecule has 0 saturated heterocycles. The van der Waals surface area contributed by atoms with Crippen molar-refractivity contribution in [3.05, 3.63) is 200 Å². The van der Waals surface area contributed by atoms with Gasteiger partial charge in [0.05, 0.1) is 0 Å². The first-order valence-electron chi connectivity index (χ1n) is 18.4. The molecule has 0 saturated carbocycles. The van der Waals surface area contributed by atoms with Gasteiger partial charge in [-0.3, -0.25) is 0 Å². The number of hydrogen-bond donors (Lipinski definition) is 0. The molecule has 10 rings (SSSR count). The quantitative estimate of drug-likeness (QED) is 0.165. The predicted octanol–water partition coefficient (Wildman–Crippen LogP) is 13.9. The number of benzene rings is 8. The number of thiophene rings is 1. The second-order valence-electron chi connectivity index (χ2n) is 13.6. The average Bonchev–Trinajstić information content (AvgIpc) is 3.65. The number of nitrogens with zero attached hydrogens (tertiary/aromatic N) is 3. The number of hydrogen-bond acceptors (Lipinski definition) is 4. The van der Waals surface area contributed by atoms with Crippen LogP contribution in [0.15, 0.2) is 200 Å². The van der Waals surface area contributed by atoms with Gasteiger partial charge >= 0.3 is 0 Å². The molecular formula is C51H33N3S. The minimum absolute atomic E-state index is 0.630. The Morgan fingerprint density at radius 2 is 0.727 bits per heavy atom. The van der Waals surface area contributed by atoms with Gasteiger partial charge in [-0.25, -0.2) is 15.0 Å². The summed E-state index contributed by atoms with van der Waals surface area (Å²) in [5, 5.41) is 2.57. The maximum atomic E-state index is 5.07. The SMILES string of the molecule is c1ccc(-c2cc(-c3cccc(-c4nc(-c5ccccc5)nc(-c5ccccc5)n4)c3)c(-c3ccccc3)c(-c3ccc4sc5ccccc5c4c3)c2)cc1. The molecule has 0 radical (unpaired) electrons. The molecule has 0 aliphatic heterocycles. The van der Waals surface area contributed by atoms with Crippen LogP contribution in [-0.4, -0.2) is 15.0 Å². The van der Waals surface area contributed by atoms with E-state index in [1.165, 1.54) is 42.4 Å². The molecule has 0 N–H and O–H groups in total. The van der Waals surface area contributed by atoms with E-state index < -0.39 is 0 Å². The third kappa shape index (κ3) is 6.29. The Kier molecular flexibility index (Phi) is 8.36. The summed E-state index contributed by atoms with van der Waals surface area (Å²) in [6.45, 7) is 0. The highest BCUT2D eigenvalue weighted by molar-refractivity contribution is 7.25. The average molecular weight is 720 g/mol. The normalized spacial score (nSPS) is 11.3. The molecule has 0 aliphatic rings. The highest BCUT2D eigenvalue weighted by Crippen LogP contribution is 2.45. The molecule has 0 amide bonds. The Balaban J connectivity index is 1.22. The van der Waals surface area contributed by atoms with Crippen molar-refractivity contribution in [3.63, 3.8) is 0 Å². The van der Waals surface area contributed by atoms with E-state index in [1.807, 2.05) is 72.0 Å². The summed E-state index contributed by atoms with van der Waals surface area (Å²) < 4.78 is 2.60. The maximum absolute atomic E-state index is 5.07. The maximum Gasteiger partial charge on any atom is 0.164 e. The van der Waals surface area contributed by atoms with Crippen molar-refractivity contribution in [3.8, 4) is 78.7 Å². The van der Waals surface area contributed by atoms with Gasteiger partial charge in [-0.15, -0.1) is 11.3 Å². The highest BCUT2D eigenvalue weighted by Gasteiger charge is 2.20. The molecule has 10 aromatic rings. The molecular weight excluding hydrogens is 687 g/mol. The number of fused-ring (bicyclic) bond motifs is 3. The molecule has 3 nitrogen and oxygen atoms in total. The van der Waals surface area contributed by atoms with Crippen molar-refractivity contribution < 1.29 is 0 Å². The van der Waals surface area contributed by atoms with Gasteiger partial charge < -0.3 is 0 Å². The molecule has 2 heterocycles. The van der Waals surface area contributed by atoms with Crippen molar-refractivity contribution >= 4 is 31.5 Å². The lowest BCUT2D eigenvalue weighted by atomic mass is 9.84. The lowest BCUT2D eigenvalue weighted by Crippen LogP contribution is -2.00. The Morgan fingerprint density at radius 3 is 1.35 bits per heavy atom. The molecule has 0 fully saturated rings. The third-order valence-electron chi connectivity index (χ3n) is 10.1. The Labute approximate surface area is 323 Å². The summed E-state index contributed by atoms with van der Waals surface area (Å²) in [6.07, 6.45) is 0. The van der Waals surface area contributed by atoms with Crippen molar-refractivity contribution in [2.75, 3.05) is 0 Å². The van der Waals surface area contributed by atoms with Crippen molar-refractivity contribution in [1.29, 1.82) is 0 Å². The summed E-state index contributed by atoms with van der Waals surface area (Å²) in [6, 6.07) is 70.7. The van der Waals surface area contributed by atoms with Crippen LogP contribution in [-0.2, 0) is 0 Å². The van der Waals surface area contributed by atoms with E-state index in [4.69, 9.17) is 15.0 Å². The van der Waals surface area contributed by atoms with Gasteiger partial charge in [0, 0.05) is 36.9 Å². The first-order chi connectivity index (χ1) is 27.2. The molecule has 0 aliphatic carbocycles. The molecule has 55 heavy (non-hydrogen) atoms. The molecule has 4 heteroatoms. The number of rotatable bonds is 7. The molecule has 258 valence electrons. The van der Waals surface area contributed by atoms with E-state index in [0.717, 1.165) is 38.9 Å². The Hall–Kier alpha value is -7.01. The van der Waals surface area contributed by atoms with Crippen molar-refractivity contribution in [2.45, 2.75) is 0 Å². The van der Waals surface area contributed by atoms with Gasteiger partial charge in [-0.1, -0.05) is 164 Å². The van der Waals surface area contributed by atoms with Crippen LogP contribution in [0.5, 0.6) is 0 Å². The zero-order valence-electron chi connectivity index (χ0n) is 29.8. The van der Waals surface area contributed by atoms with Crippen molar-refractivity contribution in [2.24, 2.45) is 0 Å². The van der Waals surface area contributed by atoms with E-state index in [-0.39, 0.29) is 0 Å². The van der Waals surface area contributed by atoms with Gasteiger partial charge in [0.1, 0.15) is 0 Å². The topological polar surface area (TPSA) is 38.7 Å². The highest BCUT2D eigenvalue weighted by atomic mass is 32.1. The van der Waals surface area contributed by atoms with E-state index in [9.17, 15) is 0 Å². The van der Waals surface area contributed by atoms with Gasteiger partial charge in [0.2, 0.25) is 0 Å². The first kappa shape index (κ1) is 32.6. The smallest absolute Gasteiger partial charge is 0.164 e. The summed E-state index contributed by atoms with van der Waals surface area (Å²) in [4.78, 5) is 15.1. The minimum atomic E-state index is 0.630. The molecule has 8 aromatic carbocycles. The lowest BCUT2D eigenvalue weighted by molar-refractivity contribution is 1.07. The lowest BCUT2D eigenvalue weighted by Gasteiger charge is -2.20. The fourth-order valence-electron chi connectivity index (χ4n) is 7.47. The number of aromatic nitrogens is 3. The fourth-order valence-corrected chi connectivity index (χ4v) is 8.55. The fraction of sp³-hybridized carbons (Fsp3) is 0. The molecule has 0 bridgehead atoms. The van der Waals surface area contributed by atoms with Gasteiger partial charge in [0.25, 0.3) is 0 Å². The van der Waals surface area contributed by atoms with Crippen LogP contribution in [0.4, 0.5) is 0 Å². The zero-order valence-corrected chi connectivity index (χ0v) is 30.6. The van der Waals surface area contributed by atoms with Crippen LogP contribution in [0.1, 0.15) is 0 Å². The summed E-state index contributed by atoms with van der Waals surface area (Å²) in [5.41, 5.74) is 12.1. The van der Waals surface area contributed by atoms with Crippen LogP contribution in [0.25, 0.3) is 98.8 Å². The second kappa shape index (κ2) is 14.1. The van der Waals surface area contributed by atoms with Crippen molar-refractivity contribution in [1.82, 2.24) is 15.0 Å². The van der Waals surface area contributed by atoms with E-state index in [1.54, 1.807) is 0 Å². The largest absolute Gasteiger partial charge is 0.208 e. The van der Waals surface area contributed by atoms with Crippen LogP contribution < -0.4 is 0 Å². The standard InChI is InChI=1S/C51H33N3S/c1-5-16-34(17-6-1)41-32-43(48(35-18-7-2-8-19-35)44(33-41)39-28-29-47-45(31-39)42-26-13-14-27-46(42)55-47)38-24-15-25-40(30-38)51-53-49(36-20-9-3-10-21-36)52-50(54-51)37-22-11-4-12-23-37/h1-33H. The van der Waals surface area contributed by atoms with Crippen LogP contribution >= 0.6 is 11.3 Å². The predicted molar refractivity (Wildman–Crippen MR) is 231 cm³/mol.